The zero-order chi connectivity index (χ0) is 21.4. The molecule has 29 heavy (non-hydrogen) atoms. The predicted molar refractivity (Wildman–Crippen MR) is 99.3 cm³/mol. The summed E-state index contributed by atoms with van der Waals surface area (Å²) in [5.41, 5.74) is 0.728. The third-order valence-corrected chi connectivity index (χ3v) is 4.43. The van der Waals surface area contributed by atoms with Crippen molar-refractivity contribution in [1.29, 1.82) is 0 Å². The quantitative estimate of drug-likeness (QED) is 0.525. The number of imidazole rings is 1. The lowest BCUT2D eigenvalue weighted by Gasteiger charge is -2.11. The fourth-order valence-electron chi connectivity index (χ4n) is 2.27. The molecule has 0 atom stereocenters. The average molecular weight is 432 g/mol. The van der Waals surface area contributed by atoms with E-state index in [2.05, 4.69) is 20.4 Å². The van der Waals surface area contributed by atoms with Gasteiger partial charge < -0.3 is 25.0 Å². The Bertz CT molecular complexity index is 840. The molecule has 0 bridgehead atoms. The van der Waals surface area contributed by atoms with E-state index in [1.54, 1.807) is 6.92 Å². The van der Waals surface area contributed by atoms with Gasteiger partial charge >= 0.3 is 6.36 Å². The Morgan fingerprint density at radius 1 is 1.24 bits per heavy atom. The largest absolute Gasteiger partial charge is 0.573 e. The number of amides is 2. The zero-order valence-electron chi connectivity index (χ0n) is 15.3. The number of ether oxygens (including phenoxy) is 1. The van der Waals surface area contributed by atoms with Crippen molar-refractivity contribution in [3.63, 3.8) is 0 Å². The molecule has 0 spiro atoms. The molecule has 1 heterocycles. The molecule has 0 aliphatic rings. The maximum Gasteiger partial charge on any atom is 0.573 e. The third-order valence-electron chi connectivity index (χ3n) is 3.44. The maximum absolute atomic E-state index is 12.2. The Kier molecular flexibility index (Phi) is 7.91. The van der Waals surface area contributed by atoms with Crippen molar-refractivity contribution in [3.8, 4) is 5.75 Å². The van der Waals surface area contributed by atoms with Gasteiger partial charge in [0, 0.05) is 12.2 Å². The first-order valence-electron chi connectivity index (χ1n) is 8.42. The molecule has 0 fully saturated rings. The first kappa shape index (κ1) is 22.6. The van der Waals surface area contributed by atoms with E-state index in [-0.39, 0.29) is 24.8 Å². The molecule has 12 heteroatoms. The van der Waals surface area contributed by atoms with Crippen LogP contribution in [0.15, 0.2) is 35.6 Å². The number of thioether (sulfide) groups is 1. The fraction of sp³-hybridized carbons (Fsp3) is 0.353. The van der Waals surface area contributed by atoms with Crippen molar-refractivity contribution in [3.05, 3.63) is 36.2 Å². The number of halogens is 3. The van der Waals surface area contributed by atoms with E-state index in [1.165, 1.54) is 22.9 Å². The van der Waals surface area contributed by atoms with E-state index in [1.807, 2.05) is 0 Å². The normalized spacial score (nSPS) is 11.2. The molecule has 1 aromatic carbocycles. The molecule has 8 nitrogen and oxygen atoms in total. The minimum atomic E-state index is -4.79. The molecular weight excluding hydrogens is 413 g/mol. The van der Waals surface area contributed by atoms with Crippen LogP contribution in [0.4, 0.5) is 18.9 Å². The zero-order valence-corrected chi connectivity index (χ0v) is 16.1. The molecule has 0 unspecified atom stereocenters. The number of aliphatic hydroxyl groups is 1. The summed E-state index contributed by atoms with van der Waals surface area (Å²) in [6.07, 6.45) is -3.37. The van der Waals surface area contributed by atoms with E-state index >= 15 is 0 Å². The molecule has 2 rings (SSSR count). The number of benzene rings is 1. The average Bonchev–Trinajstić information content (AvgIpc) is 3.02. The summed E-state index contributed by atoms with van der Waals surface area (Å²) in [6.45, 7) is 1.88. The number of rotatable bonds is 9. The number of alkyl halides is 3. The molecule has 2 aromatic rings. The number of likely N-dealkylation sites (N-methyl/N-ethyl adjacent to an activating group) is 1. The van der Waals surface area contributed by atoms with Gasteiger partial charge in [-0.2, -0.15) is 0 Å². The predicted octanol–water partition coefficient (Wildman–Crippen LogP) is 2.14. The number of hydrogen-bond acceptors (Lipinski definition) is 6. The van der Waals surface area contributed by atoms with Gasteiger partial charge in [-0.25, -0.2) is 4.98 Å². The first-order valence-corrected chi connectivity index (χ1v) is 9.40. The smallest absolute Gasteiger partial charge is 0.406 e. The topological polar surface area (TPSA) is 105 Å². The maximum atomic E-state index is 12.2. The monoisotopic (exact) mass is 432 g/mol. The molecule has 0 aliphatic heterocycles. The number of hydrogen-bond donors (Lipinski definition) is 3. The van der Waals surface area contributed by atoms with Gasteiger partial charge in [0.15, 0.2) is 5.16 Å². The Morgan fingerprint density at radius 2 is 1.93 bits per heavy atom. The minimum Gasteiger partial charge on any atom is -0.406 e. The SMILES string of the molecule is CCNC(=O)Cn1c(CO)cnc1SCC(=O)Nc1ccc(OC(F)(F)F)cc1. The van der Waals surface area contributed by atoms with Crippen LogP contribution >= 0.6 is 11.8 Å². The highest BCUT2D eigenvalue weighted by Crippen LogP contribution is 2.24. The van der Waals surface area contributed by atoms with Crippen LogP contribution in [-0.2, 0) is 22.7 Å². The van der Waals surface area contributed by atoms with E-state index in [4.69, 9.17) is 0 Å². The molecule has 1 aromatic heterocycles. The number of anilines is 1. The third kappa shape index (κ3) is 7.31. The molecular formula is C17H19F3N4O4S. The van der Waals surface area contributed by atoms with Gasteiger partial charge in [0.1, 0.15) is 12.3 Å². The fourth-order valence-corrected chi connectivity index (χ4v) is 3.06. The Labute approximate surface area is 168 Å². The van der Waals surface area contributed by atoms with Gasteiger partial charge in [0.2, 0.25) is 11.8 Å². The number of carbonyl (C=O) groups excluding carboxylic acids is 2. The second-order valence-electron chi connectivity index (χ2n) is 5.64. The van der Waals surface area contributed by atoms with Gasteiger partial charge in [0.25, 0.3) is 0 Å². The molecule has 2 amide bonds. The van der Waals surface area contributed by atoms with Crippen LogP contribution in [0.1, 0.15) is 12.6 Å². The van der Waals surface area contributed by atoms with Crippen molar-refractivity contribution in [2.75, 3.05) is 17.6 Å². The van der Waals surface area contributed by atoms with E-state index in [9.17, 15) is 27.9 Å². The molecule has 3 N–H and O–H groups in total. The van der Waals surface area contributed by atoms with Crippen molar-refractivity contribution in [2.24, 2.45) is 0 Å². The first-order chi connectivity index (χ1) is 13.7. The number of aromatic nitrogens is 2. The van der Waals surface area contributed by atoms with Crippen LogP contribution in [0.25, 0.3) is 0 Å². The van der Waals surface area contributed by atoms with E-state index < -0.39 is 18.0 Å². The number of aliphatic hydroxyl groups excluding tert-OH is 1. The molecule has 0 saturated heterocycles. The van der Waals surface area contributed by atoms with Crippen LogP contribution in [-0.4, -0.2) is 45.1 Å². The summed E-state index contributed by atoms with van der Waals surface area (Å²) in [6, 6.07) is 4.73. The van der Waals surface area contributed by atoms with Gasteiger partial charge in [0.05, 0.1) is 24.3 Å². The number of nitrogens with one attached hydrogen (secondary N) is 2. The molecule has 0 saturated carbocycles. The van der Waals surface area contributed by atoms with Crippen LogP contribution in [0.2, 0.25) is 0 Å². The molecule has 0 radical (unpaired) electrons. The summed E-state index contributed by atoms with van der Waals surface area (Å²) in [5, 5.41) is 14.9. The highest BCUT2D eigenvalue weighted by Gasteiger charge is 2.31. The van der Waals surface area contributed by atoms with Crippen LogP contribution < -0.4 is 15.4 Å². The summed E-state index contributed by atoms with van der Waals surface area (Å²) < 4.78 is 41.7. The number of nitrogens with zero attached hydrogens (tertiary/aromatic N) is 2. The lowest BCUT2D eigenvalue weighted by atomic mass is 10.3. The van der Waals surface area contributed by atoms with E-state index in [0.717, 1.165) is 23.9 Å². The highest BCUT2D eigenvalue weighted by atomic mass is 32.2. The summed E-state index contributed by atoms with van der Waals surface area (Å²) >= 11 is 1.06. The van der Waals surface area contributed by atoms with Crippen LogP contribution in [0, 0.1) is 0 Å². The summed E-state index contributed by atoms with van der Waals surface area (Å²) in [5.74, 6) is -1.13. The van der Waals surface area contributed by atoms with Crippen LogP contribution in [0.3, 0.4) is 0 Å². The Hall–Kier alpha value is -2.73. The highest BCUT2D eigenvalue weighted by molar-refractivity contribution is 7.99. The second-order valence-corrected chi connectivity index (χ2v) is 6.58. The summed E-state index contributed by atoms with van der Waals surface area (Å²) in [7, 11) is 0. The van der Waals surface area contributed by atoms with Crippen molar-refractivity contribution in [2.45, 2.75) is 31.6 Å². The van der Waals surface area contributed by atoms with Crippen molar-refractivity contribution in [1.82, 2.24) is 14.9 Å². The van der Waals surface area contributed by atoms with Gasteiger partial charge in [-0.05, 0) is 31.2 Å². The van der Waals surface area contributed by atoms with Gasteiger partial charge in [-0.15, -0.1) is 13.2 Å². The lowest BCUT2D eigenvalue weighted by molar-refractivity contribution is -0.274. The Balaban J connectivity index is 1.94. The summed E-state index contributed by atoms with van der Waals surface area (Å²) in [4.78, 5) is 28.0. The molecule has 158 valence electrons. The minimum absolute atomic E-state index is 0.0473. The van der Waals surface area contributed by atoms with Crippen molar-refractivity contribution < 1.29 is 32.6 Å². The Morgan fingerprint density at radius 3 is 2.52 bits per heavy atom. The van der Waals surface area contributed by atoms with Crippen LogP contribution in [0.5, 0.6) is 5.75 Å². The standard InChI is InChI=1S/C17H19F3N4O4S/c1-2-21-14(26)8-24-12(9-25)7-22-16(24)29-10-15(27)23-11-3-5-13(6-4-11)28-17(18,19)20/h3-7,25H,2,8-10H2,1H3,(H,21,26)(H,23,27). The molecule has 0 aliphatic carbocycles. The van der Waals surface area contributed by atoms with Gasteiger partial charge in [-0.1, -0.05) is 11.8 Å². The number of carbonyl (C=O) groups is 2. The van der Waals surface area contributed by atoms with E-state index in [0.29, 0.717) is 23.1 Å². The van der Waals surface area contributed by atoms with Crippen molar-refractivity contribution >= 4 is 29.3 Å². The van der Waals surface area contributed by atoms with Gasteiger partial charge in [-0.3, -0.25) is 9.59 Å². The second kappa shape index (κ2) is 10.2. The lowest BCUT2D eigenvalue weighted by Crippen LogP contribution is -2.28.